The zero-order chi connectivity index (χ0) is 64.3. The van der Waals surface area contributed by atoms with Gasteiger partial charge in [-0.25, -0.2) is 0 Å². The second-order valence-corrected chi connectivity index (χ2v) is 23.4. The first kappa shape index (κ1) is 59.6. The molecule has 0 unspecified atom stereocenters. The normalized spacial score (nSPS) is 12.0. The van der Waals surface area contributed by atoms with Crippen molar-refractivity contribution in [2.24, 2.45) is 0 Å². The summed E-state index contributed by atoms with van der Waals surface area (Å²) in [5, 5.41) is 1.34. The third-order valence-electron chi connectivity index (χ3n) is 17.6. The van der Waals surface area contributed by atoms with Crippen LogP contribution in [0, 0.1) is 13.8 Å². The molecule has 0 fully saturated rings. The maximum atomic E-state index is 15.2. The number of halogens is 9. The Morgan fingerprint density at radius 2 is 0.462 bits per heavy atom. The first-order valence-corrected chi connectivity index (χ1v) is 30.2. The molecule has 0 saturated carbocycles. The van der Waals surface area contributed by atoms with Gasteiger partial charge in [-0.05, 0) is 221 Å². The zero-order valence-electron chi connectivity index (χ0n) is 50.1. The van der Waals surface area contributed by atoms with Crippen LogP contribution in [0.4, 0.5) is 39.5 Å². The van der Waals surface area contributed by atoms with Crippen LogP contribution in [0.15, 0.2) is 291 Å². The number of fused-ring (bicyclic) bond motifs is 3. The summed E-state index contributed by atoms with van der Waals surface area (Å²) in [6, 6.07) is 87.2. The maximum Gasteiger partial charge on any atom is 0.418 e. The van der Waals surface area contributed by atoms with Gasteiger partial charge in [0.2, 0.25) is 0 Å². The number of nitrogens with zero attached hydrogens (tertiary/aromatic N) is 1. The minimum absolute atomic E-state index is 0.0510. The molecular weight excluding hydrogens is 1180 g/mol. The van der Waals surface area contributed by atoms with Gasteiger partial charge in [-0.2, -0.15) is 39.5 Å². The Morgan fingerprint density at radius 1 is 0.215 bits per heavy atom. The van der Waals surface area contributed by atoms with Gasteiger partial charge < -0.3 is 4.57 Å². The fourth-order valence-corrected chi connectivity index (χ4v) is 12.9. The lowest BCUT2D eigenvalue weighted by atomic mass is 9.90. The van der Waals surface area contributed by atoms with Gasteiger partial charge in [-0.1, -0.05) is 206 Å². The average molecular weight is 1240 g/mol. The molecule has 454 valence electrons. The van der Waals surface area contributed by atoms with Gasteiger partial charge in [0, 0.05) is 10.8 Å². The van der Waals surface area contributed by atoms with Crippen molar-refractivity contribution >= 4 is 21.8 Å². The zero-order valence-corrected chi connectivity index (χ0v) is 50.1. The monoisotopic (exact) mass is 1240 g/mol. The van der Waals surface area contributed by atoms with Crippen LogP contribution in [0.1, 0.15) is 27.8 Å². The molecule has 0 aliphatic rings. The summed E-state index contributed by atoms with van der Waals surface area (Å²) in [4.78, 5) is 0. The van der Waals surface area contributed by atoms with Crippen molar-refractivity contribution < 1.29 is 39.5 Å². The van der Waals surface area contributed by atoms with Crippen LogP contribution in [-0.2, 0) is 18.5 Å². The van der Waals surface area contributed by atoms with Crippen LogP contribution >= 0.6 is 0 Å². The molecule has 0 atom stereocenters. The molecule has 0 spiro atoms. The van der Waals surface area contributed by atoms with E-state index in [4.69, 9.17) is 0 Å². The fourth-order valence-electron chi connectivity index (χ4n) is 12.9. The molecule has 1 nitrogen and oxygen atoms in total. The number of benzene rings is 13. The molecule has 0 aliphatic carbocycles. The second-order valence-electron chi connectivity index (χ2n) is 23.4. The lowest BCUT2D eigenvalue weighted by Crippen LogP contribution is -2.10. The van der Waals surface area contributed by atoms with Crippen LogP contribution in [0.25, 0.3) is 139 Å². The highest BCUT2D eigenvalue weighted by Gasteiger charge is 2.36. The molecule has 0 bridgehead atoms. The van der Waals surface area contributed by atoms with E-state index in [2.05, 4.69) is 111 Å². The fraction of sp³-hybridized carbons (Fsp3) is 0.0602. The molecule has 93 heavy (non-hydrogen) atoms. The Balaban J connectivity index is 0.944. The van der Waals surface area contributed by atoms with Gasteiger partial charge in [0.1, 0.15) is 0 Å². The maximum absolute atomic E-state index is 15.2. The Hall–Kier alpha value is -11.0. The second kappa shape index (κ2) is 23.7. The van der Waals surface area contributed by atoms with E-state index in [0.29, 0.717) is 32.9 Å². The van der Waals surface area contributed by atoms with E-state index in [1.54, 1.807) is 47.0 Å². The van der Waals surface area contributed by atoms with Crippen molar-refractivity contribution in [1.29, 1.82) is 0 Å². The number of aromatic nitrogens is 1. The van der Waals surface area contributed by atoms with E-state index < -0.39 is 35.2 Å². The smallest absolute Gasteiger partial charge is 0.309 e. The van der Waals surface area contributed by atoms with E-state index in [9.17, 15) is 26.3 Å². The summed E-state index contributed by atoms with van der Waals surface area (Å²) in [6.45, 7) is 4.13. The molecule has 1 heterocycles. The predicted molar refractivity (Wildman–Crippen MR) is 360 cm³/mol. The van der Waals surface area contributed by atoms with E-state index >= 15 is 13.2 Å². The van der Waals surface area contributed by atoms with Gasteiger partial charge in [0.25, 0.3) is 0 Å². The minimum Gasteiger partial charge on any atom is -0.309 e. The SMILES string of the molecule is Cc1ccccc1-c1ccc(-c2cc(-c3ccc(-c4ccccc4C(F)(F)F)cc3)cc(-c3ccc4c(c3)c3cc(-c5cc(-c6ccc(-c7ccccc7C)cc6)cc(-c6ccc(-c7ccccc7C(F)(F)F)cc6)c5)ccc3n4-c3ccccc3C(F)(F)F)c2)cc1. The Morgan fingerprint density at radius 3 is 0.785 bits per heavy atom. The molecule has 14 aromatic rings. The topological polar surface area (TPSA) is 4.93 Å². The molecule has 0 radical (unpaired) electrons. The Bertz CT molecular complexity index is 4850. The summed E-state index contributed by atoms with van der Waals surface area (Å²) in [6.07, 6.45) is -13.8. The van der Waals surface area contributed by atoms with Gasteiger partial charge >= 0.3 is 18.5 Å². The quantitative estimate of drug-likeness (QED) is 0.114. The molecule has 0 N–H and O–H groups in total. The number of alkyl halides is 9. The summed E-state index contributed by atoms with van der Waals surface area (Å²) >= 11 is 0. The highest BCUT2D eigenvalue weighted by Crippen LogP contribution is 2.46. The van der Waals surface area contributed by atoms with Crippen molar-refractivity contribution in [3.63, 3.8) is 0 Å². The molecule has 10 heteroatoms. The number of rotatable bonds is 11. The summed E-state index contributed by atoms with van der Waals surface area (Å²) in [7, 11) is 0. The lowest BCUT2D eigenvalue weighted by Gasteiger charge is -2.16. The summed E-state index contributed by atoms with van der Waals surface area (Å²) in [5.41, 5.74) is 15.8. The number of hydrogen-bond acceptors (Lipinski definition) is 0. The van der Waals surface area contributed by atoms with E-state index in [1.165, 1.54) is 36.4 Å². The van der Waals surface area contributed by atoms with Gasteiger partial charge in [0.05, 0.1) is 33.4 Å². The third kappa shape index (κ3) is 11.7. The van der Waals surface area contributed by atoms with Gasteiger partial charge in [0.15, 0.2) is 0 Å². The Kier molecular flexibility index (Phi) is 15.2. The van der Waals surface area contributed by atoms with Crippen molar-refractivity contribution in [2.75, 3.05) is 0 Å². The largest absolute Gasteiger partial charge is 0.418 e. The highest BCUT2D eigenvalue weighted by atomic mass is 19.4. The van der Waals surface area contributed by atoms with Crippen LogP contribution in [0.3, 0.4) is 0 Å². The highest BCUT2D eigenvalue weighted by molar-refractivity contribution is 6.12. The minimum atomic E-state index is -4.71. The van der Waals surface area contributed by atoms with Crippen LogP contribution in [-0.4, -0.2) is 4.57 Å². The number of aryl methyl sites for hydroxylation is 2. The summed E-state index contributed by atoms with van der Waals surface area (Å²) in [5.74, 6) is 0. The molecular formula is C83H54F9N. The van der Waals surface area contributed by atoms with Crippen molar-refractivity contribution in [2.45, 2.75) is 32.4 Å². The molecule has 1 aromatic heterocycles. The average Bonchev–Trinajstić information content (AvgIpc) is 1.59. The molecule has 14 rings (SSSR count). The first-order chi connectivity index (χ1) is 44.8. The van der Waals surface area contributed by atoms with Gasteiger partial charge in [-0.15, -0.1) is 0 Å². The number of para-hydroxylation sites is 1. The van der Waals surface area contributed by atoms with E-state index in [0.717, 1.165) is 118 Å². The molecule has 0 aliphatic heterocycles. The Labute approximate surface area is 531 Å². The molecule has 0 saturated heterocycles. The van der Waals surface area contributed by atoms with Crippen molar-refractivity contribution in [3.8, 4) is 117 Å². The standard InChI is InChI=1S/C83H54F9N/c1-51-13-3-5-15-69(51)57-31-23-53(24-32-57)63-43-65(55-27-35-59(36-28-55)71-17-7-9-19-75(71)81(84,85)86)47-67(45-63)61-39-41-78-73(49-61)74-50-62(40-42-79(74)93(78)80-22-12-11-21-77(80)83(90,91)92)68-46-64(54-25-33-58(34-26-54)70-16-6-4-14-52(70)2)44-66(48-68)56-29-37-60(38-30-56)72-18-8-10-20-76(72)82(87,88)89/h3-50H,1-2H3. The molecule has 13 aromatic carbocycles. The van der Waals surface area contributed by atoms with Crippen LogP contribution in [0.5, 0.6) is 0 Å². The van der Waals surface area contributed by atoms with Crippen LogP contribution in [0.2, 0.25) is 0 Å². The number of hydrogen-bond donors (Lipinski definition) is 0. The lowest BCUT2D eigenvalue weighted by molar-refractivity contribution is -0.138. The summed E-state index contributed by atoms with van der Waals surface area (Å²) < 4.78 is 133. The van der Waals surface area contributed by atoms with Crippen LogP contribution < -0.4 is 0 Å². The molecule has 0 amide bonds. The predicted octanol–water partition coefficient (Wildman–Crippen LogP) is 25.1. The van der Waals surface area contributed by atoms with Gasteiger partial charge in [-0.3, -0.25) is 0 Å². The van der Waals surface area contributed by atoms with Crippen molar-refractivity contribution in [1.82, 2.24) is 4.57 Å². The third-order valence-corrected chi connectivity index (χ3v) is 17.6. The van der Waals surface area contributed by atoms with E-state index in [1.807, 2.05) is 97.1 Å². The van der Waals surface area contributed by atoms with Crippen molar-refractivity contribution in [3.05, 3.63) is 319 Å². The van der Waals surface area contributed by atoms with E-state index in [-0.39, 0.29) is 16.8 Å². The first-order valence-electron chi connectivity index (χ1n) is 30.2.